The van der Waals surface area contributed by atoms with E-state index in [4.69, 9.17) is 9.47 Å². The topological polar surface area (TPSA) is 103 Å². The van der Waals surface area contributed by atoms with E-state index < -0.39 is 4.92 Å². The van der Waals surface area contributed by atoms with Gasteiger partial charge in [0.05, 0.1) is 19.1 Å². The van der Waals surface area contributed by atoms with Crippen molar-refractivity contribution >= 4 is 23.0 Å². The Kier molecular flexibility index (Phi) is 6.16. The first-order chi connectivity index (χ1) is 12.0. The molecule has 0 spiro atoms. The molecule has 2 aromatic rings. The summed E-state index contributed by atoms with van der Waals surface area (Å²) in [6.07, 6.45) is 0.153. The third kappa shape index (κ3) is 4.84. The molecule has 0 unspecified atom stereocenters. The van der Waals surface area contributed by atoms with Crippen LogP contribution >= 0.6 is 0 Å². The zero-order valence-corrected chi connectivity index (χ0v) is 13.9. The fraction of sp³-hybridized carbons (Fsp3) is 0.235. The monoisotopic (exact) mass is 345 g/mol. The number of nitrogens with zero attached hydrogens (tertiary/aromatic N) is 1. The molecule has 8 nitrogen and oxygen atoms in total. The van der Waals surface area contributed by atoms with Gasteiger partial charge in [-0.25, -0.2) is 0 Å². The second kappa shape index (κ2) is 8.53. The predicted molar refractivity (Wildman–Crippen MR) is 94.4 cm³/mol. The molecular weight excluding hydrogens is 326 g/mol. The fourth-order valence-electron chi connectivity index (χ4n) is 2.23. The number of anilines is 2. The van der Waals surface area contributed by atoms with Gasteiger partial charge in [0.15, 0.2) is 11.5 Å². The Morgan fingerprint density at radius 2 is 1.84 bits per heavy atom. The summed E-state index contributed by atoms with van der Waals surface area (Å²) in [4.78, 5) is 22.5. The Morgan fingerprint density at radius 3 is 2.52 bits per heavy atom. The zero-order chi connectivity index (χ0) is 18.2. The number of carbonyl (C=O) groups is 1. The van der Waals surface area contributed by atoms with E-state index in [0.717, 1.165) is 0 Å². The molecule has 0 aliphatic heterocycles. The van der Waals surface area contributed by atoms with Crippen LogP contribution in [0.25, 0.3) is 0 Å². The SMILES string of the molecule is COc1ccc(NC(=O)CCNc2ccccc2[N+](=O)[O-])cc1OC. The molecule has 0 heterocycles. The maximum absolute atomic E-state index is 12.0. The number of nitro groups is 1. The van der Waals surface area contributed by atoms with Gasteiger partial charge >= 0.3 is 0 Å². The van der Waals surface area contributed by atoms with Crippen molar-refractivity contribution in [2.24, 2.45) is 0 Å². The lowest BCUT2D eigenvalue weighted by Gasteiger charge is -2.11. The Hall–Kier alpha value is -3.29. The van der Waals surface area contributed by atoms with Gasteiger partial charge in [0.25, 0.3) is 5.69 Å². The molecule has 0 atom stereocenters. The number of ether oxygens (including phenoxy) is 2. The largest absolute Gasteiger partial charge is 0.493 e. The molecule has 2 N–H and O–H groups in total. The van der Waals surface area contributed by atoms with Crippen LogP contribution in [0.3, 0.4) is 0 Å². The van der Waals surface area contributed by atoms with Crippen molar-refractivity contribution in [1.29, 1.82) is 0 Å². The van der Waals surface area contributed by atoms with Gasteiger partial charge in [-0.15, -0.1) is 0 Å². The molecule has 0 saturated carbocycles. The molecule has 8 heteroatoms. The summed E-state index contributed by atoms with van der Waals surface area (Å²) in [6, 6.07) is 11.4. The van der Waals surface area contributed by atoms with Crippen LogP contribution < -0.4 is 20.1 Å². The number of methoxy groups -OCH3 is 2. The van der Waals surface area contributed by atoms with Crippen LogP contribution in [-0.4, -0.2) is 31.6 Å². The van der Waals surface area contributed by atoms with Crippen molar-refractivity contribution in [3.8, 4) is 11.5 Å². The number of nitrogens with one attached hydrogen (secondary N) is 2. The van der Waals surface area contributed by atoms with Gasteiger partial charge < -0.3 is 20.1 Å². The number of rotatable bonds is 8. The summed E-state index contributed by atoms with van der Waals surface area (Å²) in [5.41, 5.74) is 0.933. The summed E-state index contributed by atoms with van der Waals surface area (Å²) < 4.78 is 10.3. The van der Waals surface area contributed by atoms with Crippen LogP contribution in [-0.2, 0) is 4.79 Å². The molecular formula is C17H19N3O5. The van der Waals surface area contributed by atoms with Gasteiger partial charge in [-0.3, -0.25) is 14.9 Å². The lowest BCUT2D eigenvalue weighted by molar-refractivity contribution is -0.384. The summed E-state index contributed by atoms with van der Waals surface area (Å²) in [5, 5.41) is 16.6. The van der Waals surface area contributed by atoms with Crippen molar-refractivity contribution in [2.45, 2.75) is 6.42 Å². The highest BCUT2D eigenvalue weighted by atomic mass is 16.6. The second-order valence-electron chi connectivity index (χ2n) is 5.07. The molecule has 25 heavy (non-hydrogen) atoms. The summed E-state index contributed by atoms with van der Waals surface area (Å²) in [6.45, 7) is 0.268. The van der Waals surface area contributed by atoms with Crippen molar-refractivity contribution in [1.82, 2.24) is 0 Å². The van der Waals surface area contributed by atoms with Crippen LogP contribution in [0.4, 0.5) is 17.1 Å². The van der Waals surface area contributed by atoms with Gasteiger partial charge in [0, 0.05) is 30.8 Å². The van der Waals surface area contributed by atoms with E-state index in [0.29, 0.717) is 22.9 Å². The molecule has 2 aromatic carbocycles. The number of amides is 1. The van der Waals surface area contributed by atoms with Crippen LogP contribution in [0, 0.1) is 10.1 Å². The highest BCUT2D eigenvalue weighted by Gasteiger charge is 2.12. The molecule has 1 amide bonds. The molecule has 132 valence electrons. The molecule has 0 aromatic heterocycles. The standard InChI is InChI=1S/C17H19N3O5/c1-24-15-8-7-12(11-16(15)25-2)19-17(21)9-10-18-13-5-3-4-6-14(13)20(22)23/h3-8,11,18H,9-10H2,1-2H3,(H,19,21). The molecule has 0 fully saturated rings. The summed E-state index contributed by atoms with van der Waals surface area (Å²) in [7, 11) is 3.05. The van der Waals surface area contributed by atoms with Crippen molar-refractivity contribution < 1.29 is 19.2 Å². The first kappa shape index (κ1) is 18.1. The first-order valence-electron chi connectivity index (χ1n) is 7.54. The van der Waals surface area contributed by atoms with Crippen LogP contribution in [0.5, 0.6) is 11.5 Å². The van der Waals surface area contributed by atoms with E-state index in [1.165, 1.54) is 20.3 Å². The molecule has 2 rings (SSSR count). The van der Waals surface area contributed by atoms with E-state index in [1.54, 1.807) is 36.4 Å². The van der Waals surface area contributed by atoms with Crippen LogP contribution in [0.2, 0.25) is 0 Å². The van der Waals surface area contributed by atoms with Gasteiger partial charge in [-0.1, -0.05) is 12.1 Å². The molecule has 0 aliphatic rings. The van der Waals surface area contributed by atoms with Crippen molar-refractivity contribution in [3.63, 3.8) is 0 Å². The van der Waals surface area contributed by atoms with Crippen LogP contribution in [0.15, 0.2) is 42.5 Å². The number of hydrogen-bond donors (Lipinski definition) is 2. The number of nitro benzene ring substituents is 1. The first-order valence-corrected chi connectivity index (χ1v) is 7.54. The van der Waals surface area contributed by atoms with Gasteiger partial charge in [-0.2, -0.15) is 0 Å². The Balaban J connectivity index is 1.90. The maximum Gasteiger partial charge on any atom is 0.292 e. The number of para-hydroxylation sites is 2. The van der Waals surface area contributed by atoms with Crippen molar-refractivity contribution in [3.05, 3.63) is 52.6 Å². The lowest BCUT2D eigenvalue weighted by atomic mass is 10.2. The van der Waals surface area contributed by atoms with E-state index >= 15 is 0 Å². The Labute approximate surface area is 144 Å². The quantitative estimate of drug-likeness (QED) is 0.563. The Bertz CT molecular complexity index is 764. The van der Waals surface area contributed by atoms with Crippen LogP contribution in [0.1, 0.15) is 6.42 Å². The number of benzene rings is 2. The average Bonchev–Trinajstić information content (AvgIpc) is 2.61. The predicted octanol–water partition coefficient (Wildman–Crippen LogP) is 3.05. The fourth-order valence-corrected chi connectivity index (χ4v) is 2.23. The van der Waals surface area contributed by atoms with Crippen molar-refractivity contribution in [2.75, 3.05) is 31.4 Å². The summed E-state index contributed by atoms with van der Waals surface area (Å²) >= 11 is 0. The minimum absolute atomic E-state index is 0.0252. The third-order valence-corrected chi connectivity index (χ3v) is 3.44. The van der Waals surface area contributed by atoms with Gasteiger partial charge in [0.2, 0.25) is 5.91 Å². The van der Waals surface area contributed by atoms with E-state index in [9.17, 15) is 14.9 Å². The number of carbonyl (C=O) groups excluding carboxylic acids is 1. The molecule has 0 radical (unpaired) electrons. The maximum atomic E-state index is 12.0. The normalized spacial score (nSPS) is 10.0. The van der Waals surface area contributed by atoms with E-state index in [-0.39, 0.29) is 24.6 Å². The lowest BCUT2D eigenvalue weighted by Crippen LogP contribution is -2.16. The summed E-state index contributed by atoms with van der Waals surface area (Å²) in [5.74, 6) is 0.857. The molecule has 0 bridgehead atoms. The highest BCUT2D eigenvalue weighted by Crippen LogP contribution is 2.29. The Morgan fingerprint density at radius 1 is 1.12 bits per heavy atom. The van der Waals surface area contributed by atoms with E-state index in [2.05, 4.69) is 10.6 Å². The van der Waals surface area contributed by atoms with Gasteiger partial charge in [-0.05, 0) is 18.2 Å². The molecule has 0 saturated heterocycles. The van der Waals surface area contributed by atoms with E-state index in [1.807, 2.05) is 0 Å². The number of hydrogen-bond acceptors (Lipinski definition) is 6. The second-order valence-corrected chi connectivity index (χ2v) is 5.07. The van der Waals surface area contributed by atoms with Gasteiger partial charge in [0.1, 0.15) is 5.69 Å². The highest BCUT2D eigenvalue weighted by molar-refractivity contribution is 5.91. The smallest absolute Gasteiger partial charge is 0.292 e. The zero-order valence-electron chi connectivity index (χ0n) is 13.9. The molecule has 0 aliphatic carbocycles. The average molecular weight is 345 g/mol. The third-order valence-electron chi connectivity index (χ3n) is 3.44. The minimum atomic E-state index is -0.466. The minimum Gasteiger partial charge on any atom is -0.493 e.